The Hall–Kier alpha value is -2.27. The Labute approximate surface area is 149 Å². The molecule has 1 aliphatic rings. The van der Waals surface area contributed by atoms with Gasteiger partial charge in [0, 0.05) is 38.1 Å². The highest BCUT2D eigenvalue weighted by Gasteiger charge is 2.30. The minimum Gasteiger partial charge on any atom is -0.346 e. The van der Waals surface area contributed by atoms with E-state index in [1.165, 1.54) is 17.3 Å². The summed E-state index contributed by atoms with van der Waals surface area (Å²) < 4.78 is 0. The van der Waals surface area contributed by atoms with Crippen molar-refractivity contribution in [1.29, 1.82) is 0 Å². The molecule has 0 saturated carbocycles. The zero-order chi connectivity index (χ0) is 17.9. The van der Waals surface area contributed by atoms with Gasteiger partial charge in [0.2, 0.25) is 0 Å². The number of aromatic nitrogens is 2. The minimum absolute atomic E-state index is 0.0345. The average molecular weight is 338 g/mol. The normalized spacial score (nSPS) is 16.1. The zero-order valence-corrected chi connectivity index (χ0v) is 15.2. The van der Waals surface area contributed by atoms with Crippen molar-refractivity contribution in [2.75, 3.05) is 13.1 Å². The van der Waals surface area contributed by atoms with Crippen molar-refractivity contribution in [2.24, 2.45) is 5.41 Å². The van der Waals surface area contributed by atoms with Gasteiger partial charge in [-0.05, 0) is 23.0 Å². The van der Waals surface area contributed by atoms with Gasteiger partial charge in [0.05, 0.1) is 6.20 Å². The van der Waals surface area contributed by atoms with Crippen LogP contribution in [0.5, 0.6) is 0 Å². The molecule has 0 fully saturated rings. The molecule has 0 bridgehead atoms. The number of nitrogens with zero attached hydrogens (tertiary/aromatic N) is 3. The lowest BCUT2D eigenvalue weighted by atomic mass is 9.85. The van der Waals surface area contributed by atoms with Crippen LogP contribution in [0.3, 0.4) is 0 Å². The Morgan fingerprint density at radius 3 is 2.68 bits per heavy atom. The molecular formula is C20H26N4O. The molecule has 5 heteroatoms. The monoisotopic (exact) mass is 338 g/mol. The predicted molar refractivity (Wildman–Crippen MR) is 98.2 cm³/mol. The molecule has 2 heterocycles. The fraction of sp³-hybridized carbons (Fsp3) is 0.450. The van der Waals surface area contributed by atoms with Crippen LogP contribution in [0.1, 0.15) is 42.4 Å². The van der Waals surface area contributed by atoms with Crippen LogP contribution in [0, 0.1) is 5.41 Å². The molecule has 3 rings (SSSR count). The second-order valence-electron chi connectivity index (χ2n) is 7.74. The summed E-state index contributed by atoms with van der Waals surface area (Å²) in [5, 5.41) is 3.16. The topological polar surface area (TPSA) is 58.1 Å². The van der Waals surface area contributed by atoms with E-state index in [1.54, 1.807) is 12.4 Å². The first-order valence-electron chi connectivity index (χ1n) is 8.79. The Morgan fingerprint density at radius 1 is 1.24 bits per heavy atom. The van der Waals surface area contributed by atoms with Crippen LogP contribution in [-0.2, 0) is 13.0 Å². The Kier molecular flexibility index (Phi) is 5.13. The Morgan fingerprint density at radius 2 is 2.00 bits per heavy atom. The first kappa shape index (κ1) is 17.5. The number of hydrogen-bond donors (Lipinski definition) is 1. The maximum absolute atomic E-state index is 12.5. The minimum atomic E-state index is -0.162. The lowest BCUT2D eigenvalue weighted by Gasteiger charge is -2.37. The number of benzene rings is 1. The lowest BCUT2D eigenvalue weighted by Crippen LogP contribution is -2.51. The van der Waals surface area contributed by atoms with E-state index < -0.39 is 0 Å². The molecule has 1 amide bonds. The van der Waals surface area contributed by atoms with E-state index in [2.05, 4.69) is 65.2 Å². The smallest absolute Gasteiger partial charge is 0.271 e. The summed E-state index contributed by atoms with van der Waals surface area (Å²) in [5.41, 5.74) is 3.14. The van der Waals surface area contributed by atoms with Gasteiger partial charge >= 0.3 is 0 Å². The van der Waals surface area contributed by atoms with Crippen LogP contribution in [-0.4, -0.2) is 39.9 Å². The Balaban J connectivity index is 1.69. The quantitative estimate of drug-likeness (QED) is 0.931. The summed E-state index contributed by atoms with van der Waals surface area (Å²) in [7, 11) is 0. The maximum Gasteiger partial charge on any atom is 0.271 e. The van der Waals surface area contributed by atoms with Gasteiger partial charge in [-0.3, -0.25) is 14.7 Å². The summed E-state index contributed by atoms with van der Waals surface area (Å²) in [6.45, 7) is 9.25. The van der Waals surface area contributed by atoms with E-state index in [0.29, 0.717) is 5.69 Å². The van der Waals surface area contributed by atoms with Crippen molar-refractivity contribution in [3.8, 4) is 0 Å². The van der Waals surface area contributed by atoms with Crippen LogP contribution in [0.15, 0.2) is 42.9 Å². The SMILES string of the molecule is CC(C)(C)C(CN1CCc2ccccc2C1)NC(=O)c1cnccn1. The average Bonchev–Trinajstić information content (AvgIpc) is 2.61. The molecule has 0 spiro atoms. The van der Waals surface area contributed by atoms with Crippen LogP contribution < -0.4 is 5.32 Å². The largest absolute Gasteiger partial charge is 0.346 e. The zero-order valence-electron chi connectivity index (χ0n) is 15.2. The highest BCUT2D eigenvalue weighted by molar-refractivity contribution is 5.92. The van der Waals surface area contributed by atoms with E-state index in [0.717, 1.165) is 26.1 Å². The number of hydrogen-bond acceptors (Lipinski definition) is 4. The van der Waals surface area contributed by atoms with E-state index in [9.17, 15) is 4.79 Å². The fourth-order valence-corrected chi connectivity index (χ4v) is 3.15. The van der Waals surface area contributed by atoms with Gasteiger partial charge < -0.3 is 5.32 Å². The van der Waals surface area contributed by atoms with Crippen molar-refractivity contribution in [2.45, 2.75) is 39.8 Å². The van der Waals surface area contributed by atoms with Gasteiger partial charge in [0.1, 0.15) is 5.69 Å². The molecule has 1 aromatic heterocycles. The van der Waals surface area contributed by atoms with E-state index in [4.69, 9.17) is 0 Å². The van der Waals surface area contributed by atoms with Crippen molar-refractivity contribution in [3.63, 3.8) is 0 Å². The molecule has 0 radical (unpaired) electrons. The predicted octanol–water partition coefficient (Wildman–Crippen LogP) is 2.68. The molecule has 1 aromatic carbocycles. The van der Waals surface area contributed by atoms with Crippen molar-refractivity contribution >= 4 is 5.91 Å². The van der Waals surface area contributed by atoms with Crippen molar-refractivity contribution in [1.82, 2.24) is 20.2 Å². The first-order valence-corrected chi connectivity index (χ1v) is 8.79. The Bertz CT molecular complexity index is 724. The van der Waals surface area contributed by atoms with Crippen LogP contribution in [0.4, 0.5) is 0 Å². The molecule has 1 atom stereocenters. The van der Waals surface area contributed by atoms with E-state index in [1.807, 2.05) is 0 Å². The first-order chi connectivity index (χ1) is 11.9. The lowest BCUT2D eigenvalue weighted by molar-refractivity contribution is 0.0857. The van der Waals surface area contributed by atoms with Crippen LogP contribution in [0.2, 0.25) is 0 Å². The third-order valence-electron chi connectivity index (χ3n) is 4.80. The molecule has 5 nitrogen and oxygen atoms in total. The summed E-state index contributed by atoms with van der Waals surface area (Å²) >= 11 is 0. The van der Waals surface area contributed by atoms with Gasteiger partial charge in [0.15, 0.2) is 0 Å². The summed E-state index contributed by atoms with van der Waals surface area (Å²) in [5.74, 6) is -0.162. The highest BCUT2D eigenvalue weighted by Crippen LogP contribution is 2.24. The third-order valence-corrected chi connectivity index (χ3v) is 4.80. The van der Waals surface area contributed by atoms with Crippen molar-refractivity contribution < 1.29 is 4.79 Å². The van der Waals surface area contributed by atoms with E-state index in [-0.39, 0.29) is 17.4 Å². The van der Waals surface area contributed by atoms with Gasteiger partial charge in [-0.15, -0.1) is 0 Å². The molecule has 0 saturated heterocycles. The summed E-state index contributed by atoms with van der Waals surface area (Å²) in [4.78, 5) is 23.0. The maximum atomic E-state index is 12.5. The molecule has 1 N–H and O–H groups in total. The molecule has 132 valence electrons. The number of nitrogens with one attached hydrogen (secondary N) is 1. The molecule has 1 unspecified atom stereocenters. The number of fused-ring (bicyclic) bond motifs is 1. The van der Waals surface area contributed by atoms with Crippen molar-refractivity contribution in [3.05, 3.63) is 59.7 Å². The van der Waals surface area contributed by atoms with Gasteiger partial charge in [-0.25, -0.2) is 4.98 Å². The number of carbonyl (C=O) groups is 1. The number of amides is 1. The van der Waals surface area contributed by atoms with Crippen LogP contribution >= 0.6 is 0 Å². The fourth-order valence-electron chi connectivity index (χ4n) is 3.15. The number of carbonyl (C=O) groups excluding carboxylic acids is 1. The second-order valence-corrected chi connectivity index (χ2v) is 7.74. The summed E-state index contributed by atoms with van der Waals surface area (Å²) in [6.07, 6.45) is 5.68. The standard InChI is InChI=1S/C20H26N4O/c1-20(2,3)18(23-19(25)17-12-21-9-10-22-17)14-24-11-8-15-6-4-5-7-16(15)13-24/h4-7,9-10,12,18H,8,11,13-14H2,1-3H3,(H,23,25). The third kappa shape index (κ3) is 4.42. The molecule has 2 aromatic rings. The second kappa shape index (κ2) is 7.31. The van der Waals surface area contributed by atoms with Gasteiger partial charge in [-0.1, -0.05) is 45.0 Å². The number of rotatable bonds is 4. The molecule has 25 heavy (non-hydrogen) atoms. The van der Waals surface area contributed by atoms with E-state index >= 15 is 0 Å². The van der Waals surface area contributed by atoms with Crippen LogP contribution in [0.25, 0.3) is 0 Å². The molecular weight excluding hydrogens is 312 g/mol. The summed E-state index contributed by atoms with van der Waals surface area (Å²) in [6, 6.07) is 8.65. The highest BCUT2D eigenvalue weighted by atomic mass is 16.2. The van der Waals surface area contributed by atoms with Gasteiger partial charge in [0.25, 0.3) is 5.91 Å². The molecule has 1 aliphatic heterocycles. The molecule has 0 aliphatic carbocycles. The van der Waals surface area contributed by atoms with Gasteiger partial charge in [-0.2, -0.15) is 0 Å².